The minimum absolute atomic E-state index is 0.522. The Bertz CT molecular complexity index is 340. The van der Waals surface area contributed by atoms with Gasteiger partial charge in [0.1, 0.15) is 5.75 Å². The molecule has 1 fully saturated rings. The first-order chi connectivity index (χ1) is 7.90. The van der Waals surface area contributed by atoms with Crippen LogP contribution in [0.4, 0.5) is 0 Å². The van der Waals surface area contributed by atoms with E-state index in [1.54, 1.807) is 6.07 Å². The number of para-hydroxylation sites is 1. The van der Waals surface area contributed by atoms with E-state index in [4.69, 9.17) is 4.74 Å². The number of carbonyl (C=O) groups excluding carboxylic acids is 1. The molecule has 1 aromatic carbocycles. The Labute approximate surface area is 96.6 Å². The van der Waals surface area contributed by atoms with Gasteiger partial charge < -0.3 is 4.74 Å². The van der Waals surface area contributed by atoms with Crippen molar-refractivity contribution in [2.45, 2.75) is 32.1 Å². The van der Waals surface area contributed by atoms with Crippen molar-refractivity contribution in [3.8, 4) is 5.75 Å². The average molecular weight is 217 g/mol. The van der Waals surface area contributed by atoms with E-state index < -0.39 is 0 Å². The van der Waals surface area contributed by atoms with E-state index in [9.17, 15) is 4.79 Å². The molecule has 0 atom stereocenters. The molecule has 0 amide bonds. The number of hydrogen-bond acceptors (Lipinski definition) is 2. The topological polar surface area (TPSA) is 26.3 Å². The van der Waals surface area contributed by atoms with Crippen LogP contribution >= 0.6 is 0 Å². The van der Waals surface area contributed by atoms with Crippen LogP contribution in [0.5, 0.6) is 5.75 Å². The maximum Gasteiger partial charge on any atom is 0.237 e. The van der Waals surface area contributed by atoms with Crippen molar-refractivity contribution in [1.82, 2.24) is 0 Å². The molecule has 85 valence electrons. The maximum atomic E-state index is 10.6. The second kappa shape index (κ2) is 5.69. The zero-order chi connectivity index (χ0) is 11.2. The average Bonchev–Trinajstić information content (AvgIpc) is 2.83. The summed E-state index contributed by atoms with van der Waals surface area (Å²) in [5.74, 6) is 1.49. The predicted molar refractivity (Wildman–Crippen MR) is 63.3 cm³/mol. The molecular formula is C14H17O2. The van der Waals surface area contributed by atoms with Crippen LogP contribution < -0.4 is 4.74 Å². The van der Waals surface area contributed by atoms with Gasteiger partial charge in [-0.3, -0.25) is 4.79 Å². The van der Waals surface area contributed by atoms with Gasteiger partial charge in [-0.15, -0.1) is 0 Å². The van der Waals surface area contributed by atoms with E-state index in [-0.39, 0.29) is 0 Å². The molecule has 0 N–H and O–H groups in total. The van der Waals surface area contributed by atoms with Crippen molar-refractivity contribution in [2.24, 2.45) is 5.92 Å². The van der Waals surface area contributed by atoms with Crippen molar-refractivity contribution in [1.29, 1.82) is 0 Å². The van der Waals surface area contributed by atoms with Gasteiger partial charge in [-0.05, 0) is 24.5 Å². The summed E-state index contributed by atoms with van der Waals surface area (Å²) in [5, 5.41) is 0. The molecule has 1 saturated carbocycles. The lowest BCUT2D eigenvalue weighted by molar-refractivity contribution is 0.278. The first kappa shape index (κ1) is 11.2. The molecule has 1 aliphatic carbocycles. The van der Waals surface area contributed by atoms with Crippen LogP contribution in [0.25, 0.3) is 0 Å². The summed E-state index contributed by atoms with van der Waals surface area (Å²) in [6.07, 6.45) is 8.41. The highest BCUT2D eigenvalue weighted by atomic mass is 16.5. The largest absolute Gasteiger partial charge is 0.493 e. The number of hydrogen-bond donors (Lipinski definition) is 0. The number of benzene rings is 1. The zero-order valence-corrected chi connectivity index (χ0v) is 9.45. The molecule has 16 heavy (non-hydrogen) atoms. The molecule has 2 heteroatoms. The molecule has 0 unspecified atom stereocenters. The summed E-state index contributed by atoms with van der Waals surface area (Å²) < 4.78 is 5.63. The molecule has 0 heterocycles. The van der Waals surface area contributed by atoms with Crippen molar-refractivity contribution in [3.63, 3.8) is 0 Å². The van der Waals surface area contributed by atoms with E-state index in [0.717, 1.165) is 12.3 Å². The van der Waals surface area contributed by atoms with Gasteiger partial charge in [0, 0.05) is 0 Å². The third-order valence-corrected chi connectivity index (χ3v) is 3.26. The summed E-state index contributed by atoms with van der Waals surface area (Å²) in [4.78, 5) is 10.6. The summed E-state index contributed by atoms with van der Waals surface area (Å²) in [7, 11) is 0. The van der Waals surface area contributed by atoms with Crippen LogP contribution in [0.3, 0.4) is 0 Å². The van der Waals surface area contributed by atoms with Crippen molar-refractivity contribution >= 4 is 6.29 Å². The lowest BCUT2D eigenvalue weighted by Crippen LogP contribution is -2.05. The van der Waals surface area contributed by atoms with Crippen molar-refractivity contribution in [3.05, 3.63) is 29.8 Å². The van der Waals surface area contributed by atoms with E-state index >= 15 is 0 Å². The monoisotopic (exact) mass is 217 g/mol. The highest BCUT2D eigenvalue weighted by Gasteiger charge is 2.14. The molecule has 0 aromatic heterocycles. The number of ether oxygens (including phenoxy) is 1. The third-order valence-electron chi connectivity index (χ3n) is 3.26. The molecule has 0 aliphatic heterocycles. The maximum absolute atomic E-state index is 10.6. The smallest absolute Gasteiger partial charge is 0.237 e. The van der Waals surface area contributed by atoms with Crippen LogP contribution in [0.1, 0.15) is 37.7 Å². The van der Waals surface area contributed by atoms with Crippen LogP contribution in [-0.2, 0) is 4.79 Å². The fourth-order valence-electron chi connectivity index (χ4n) is 2.31. The Morgan fingerprint density at radius 1 is 1.25 bits per heavy atom. The molecule has 0 spiro atoms. The highest BCUT2D eigenvalue weighted by Crippen LogP contribution is 2.27. The number of rotatable bonds is 5. The molecule has 1 aliphatic rings. The van der Waals surface area contributed by atoms with Crippen LogP contribution in [0.2, 0.25) is 0 Å². The normalized spacial score (nSPS) is 16.2. The third kappa shape index (κ3) is 2.84. The predicted octanol–water partition coefficient (Wildman–Crippen LogP) is 3.10. The first-order valence-electron chi connectivity index (χ1n) is 6.00. The van der Waals surface area contributed by atoms with Gasteiger partial charge >= 0.3 is 0 Å². The van der Waals surface area contributed by atoms with Crippen LogP contribution in [0.15, 0.2) is 24.3 Å². The van der Waals surface area contributed by atoms with Crippen LogP contribution in [0, 0.1) is 5.92 Å². The van der Waals surface area contributed by atoms with E-state index in [1.807, 2.05) is 24.5 Å². The Morgan fingerprint density at radius 3 is 2.75 bits per heavy atom. The Morgan fingerprint density at radius 2 is 2.00 bits per heavy atom. The summed E-state index contributed by atoms with van der Waals surface area (Å²) in [6, 6.07) is 7.27. The highest BCUT2D eigenvalue weighted by molar-refractivity contribution is 5.79. The molecule has 0 bridgehead atoms. The van der Waals surface area contributed by atoms with Gasteiger partial charge in [0.05, 0.1) is 12.2 Å². The van der Waals surface area contributed by atoms with Gasteiger partial charge in [-0.25, -0.2) is 0 Å². The lowest BCUT2D eigenvalue weighted by atomic mass is 10.1. The first-order valence-corrected chi connectivity index (χ1v) is 6.00. The van der Waals surface area contributed by atoms with Crippen molar-refractivity contribution in [2.75, 3.05) is 6.61 Å². The lowest BCUT2D eigenvalue weighted by Gasteiger charge is -2.11. The minimum atomic E-state index is 0.522. The fourth-order valence-corrected chi connectivity index (χ4v) is 2.31. The molecule has 0 saturated heterocycles. The summed E-state index contributed by atoms with van der Waals surface area (Å²) >= 11 is 0. The molecule has 1 radical (unpaired) electrons. The van der Waals surface area contributed by atoms with E-state index in [0.29, 0.717) is 17.9 Å². The van der Waals surface area contributed by atoms with E-state index in [1.165, 1.54) is 25.7 Å². The van der Waals surface area contributed by atoms with Crippen molar-refractivity contribution < 1.29 is 9.53 Å². The summed E-state index contributed by atoms with van der Waals surface area (Å²) in [5.41, 5.74) is 0.522. The SMILES string of the molecule is O=[C]c1ccccc1OCCC1CCCC1. The molecule has 1 aromatic rings. The van der Waals surface area contributed by atoms with Gasteiger partial charge in [0.2, 0.25) is 6.29 Å². The minimum Gasteiger partial charge on any atom is -0.493 e. The van der Waals surface area contributed by atoms with Gasteiger partial charge in [0.15, 0.2) is 0 Å². The van der Waals surface area contributed by atoms with Gasteiger partial charge in [-0.2, -0.15) is 0 Å². The van der Waals surface area contributed by atoms with E-state index in [2.05, 4.69) is 0 Å². The second-order valence-electron chi connectivity index (χ2n) is 4.39. The van der Waals surface area contributed by atoms with Gasteiger partial charge in [0.25, 0.3) is 0 Å². The Kier molecular flexibility index (Phi) is 3.97. The molecule has 2 rings (SSSR count). The fraction of sp³-hybridized carbons (Fsp3) is 0.500. The summed E-state index contributed by atoms with van der Waals surface area (Å²) in [6.45, 7) is 0.712. The molecular weight excluding hydrogens is 200 g/mol. The Balaban J connectivity index is 1.82. The second-order valence-corrected chi connectivity index (χ2v) is 4.39. The quantitative estimate of drug-likeness (QED) is 0.757. The van der Waals surface area contributed by atoms with Crippen LogP contribution in [-0.4, -0.2) is 12.9 Å². The molecule has 2 nitrogen and oxygen atoms in total. The zero-order valence-electron chi connectivity index (χ0n) is 9.45. The Hall–Kier alpha value is -1.31. The standard InChI is InChI=1S/C14H17O2/c15-11-13-7-3-4-8-14(13)16-10-9-12-5-1-2-6-12/h3-4,7-8,12H,1-2,5-6,9-10H2. The van der Waals surface area contributed by atoms with Gasteiger partial charge in [-0.1, -0.05) is 37.8 Å².